The van der Waals surface area contributed by atoms with E-state index >= 15 is 0 Å². The average Bonchev–Trinajstić information content (AvgIpc) is 1.86. The van der Waals surface area contributed by atoms with E-state index < -0.39 is 8.07 Å². The fourth-order valence-corrected chi connectivity index (χ4v) is 7.30. The van der Waals surface area contributed by atoms with Crippen LogP contribution in [0.4, 0.5) is 0 Å². The molecule has 15 heavy (non-hydrogen) atoms. The molecule has 92 valence electrons. The summed E-state index contributed by atoms with van der Waals surface area (Å²) in [4.78, 5) is 0. The Morgan fingerprint density at radius 1 is 0.800 bits per heavy atom. The molecule has 0 spiro atoms. The molecular weight excluding hydrogens is 243 g/mol. The summed E-state index contributed by atoms with van der Waals surface area (Å²) in [6.45, 7) is 13.5. The molecule has 0 radical (unpaired) electrons. The maximum Gasteiger partial charge on any atom is 3.00 e. The standard InChI is InChI=1S/C11H21Si.2CH3.Co/c1-8-12(9(2)3,10(4)5)11(6)7;;;/h9-11H,2-7H3;2*1H3;/q3*-1;+3. The molecule has 0 heterocycles. The van der Waals surface area contributed by atoms with Crippen LogP contribution < -0.4 is 0 Å². The molecule has 0 saturated heterocycles. The first-order chi connectivity index (χ1) is 5.39. The smallest absolute Gasteiger partial charge is 0.701 e. The van der Waals surface area contributed by atoms with Crippen LogP contribution in [-0.2, 0) is 16.8 Å². The molecule has 0 N–H and O–H groups in total. The van der Waals surface area contributed by atoms with Crippen LogP contribution in [0, 0.1) is 26.8 Å². The van der Waals surface area contributed by atoms with E-state index in [9.17, 15) is 0 Å². The fourth-order valence-electron chi connectivity index (χ4n) is 2.43. The molecule has 0 aliphatic rings. The van der Waals surface area contributed by atoms with Crippen molar-refractivity contribution in [1.82, 2.24) is 0 Å². The van der Waals surface area contributed by atoms with E-state index in [-0.39, 0.29) is 31.6 Å². The predicted molar refractivity (Wildman–Crippen MR) is 71.0 cm³/mol. The van der Waals surface area contributed by atoms with E-state index in [1.165, 1.54) is 0 Å². The minimum atomic E-state index is -1.58. The Morgan fingerprint density at radius 3 is 1.00 bits per heavy atom. The van der Waals surface area contributed by atoms with Crippen LogP contribution in [0.2, 0.25) is 16.6 Å². The van der Waals surface area contributed by atoms with Crippen molar-refractivity contribution in [1.29, 1.82) is 0 Å². The largest absolute Gasteiger partial charge is 3.00 e. The second-order valence-corrected chi connectivity index (χ2v) is 10.1. The first-order valence-corrected chi connectivity index (χ1v) is 7.06. The Balaban J connectivity index is -0.000000202. The third-order valence-electron chi connectivity index (χ3n) is 3.08. The summed E-state index contributed by atoms with van der Waals surface area (Å²) >= 11 is 0. The van der Waals surface area contributed by atoms with Crippen molar-refractivity contribution in [2.45, 2.75) is 58.2 Å². The van der Waals surface area contributed by atoms with Gasteiger partial charge in [0.2, 0.25) is 0 Å². The van der Waals surface area contributed by atoms with Gasteiger partial charge in [-0.2, -0.15) is 0 Å². The van der Waals surface area contributed by atoms with Gasteiger partial charge >= 0.3 is 16.8 Å². The molecule has 0 atom stereocenters. The second-order valence-electron chi connectivity index (χ2n) is 4.52. The van der Waals surface area contributed by atoms with Crippen molar-refractivity contribution >= 4 is 8.07 Å². The van der Waals surface area contributed by atoms with Gasteiger partial charge in [0.25, 0.3) is 0 Å². The SMILES string of the molecule is [C-]#C[Si](C(C)C)(C(C)C)C(C)C.[CH3-].[CH3-].[Co+3]. The predicted octanol–water partition coefficient (Wildman–Crippen LogP) is 4.69. The number of hydrogen-bond acceptors (Lipinski definition) is 0. The third kappa shape index (κ3) is 4.76. The zero-order valence-corrected chi connectivity index (χ0v) is 13.6. The van der Waals surface area contributed by atoms with E-state index in [0.717, 1.165) is 0 Å². The van der Waals surface area contributed by atoms with Gasteiger partial charge in [0.1, 0.15) is 0 Å². The van der Waals surface area contributed by atoms with Gasteiger partial charge in [-0.1, -0.05) is 41.5 Å². The van der Waals surface area contributed by atoms with Crippen LogP contribution in [0.3, 0.4) is 0 Å². The van der Waals surface area contributed by atoms with Crippen molar-refractivity contribution in [3.63, 3.8) is 0 Å². The summed E-state index contributed by atoms with van der Waals surface area (Å²) in [6, 6.07) is 0. The Labute approximate surface area is 110 Å². The van der Waals surface area contributed by atoms with E-state index in [0.29, 0.717) is 16.6 Å². The molecule has 0 saturated carbocycles. The molecule has 0 aromatic carbocycles. The van der Waals surface area contributed by atoms with Gasteiger partial charge in [0.05, 0.1) is 8.07 Å². The molecule has 0 unspecified atom stereocenters. The van der Waals surface area contributed by atoms with Crippen molar-refractivity contribution in [2.24, 2.45) is 0 Å². The molecule has 0 aliphatic carbocycles. The summed E-state index contributed by atoms with van der Waals surface area (Å²) in [5, 5.41) is 0. The topological polar surface area (TPSA) is 0 Å². The minimum absolute atomic E-state index is 0. The summed E-state index contributed by atoms with van der Waals surface area (Å²) < 4.78 is 0. The molecular formula is C13H27CoSi. The quantitative estimate of drug-likeness (QED) is 0.396. The van der Waals surface area contributed by atoms with Crippen LogP contribution in [0.1, 0.15) is 41.5 Å². The maximum absolute atomic E-state index is 7.51. The van der Waals surface area contributed by atoms with Crippen LogP contribution in [0.25, 0.3) is 0 Å². The minimum Gasteiger partial charge on any atom is -0.701 e. The molecule has 0 aromatic rings. The van der Waals surface area contributed by atoms with Gasteiger partial charge in [-0.05, 0) is 16.6 Å². The molecule has 2 heteroatoms. The second kappa shape index (κ2) is 9.51. The molecule has 0 nitrogen and oxygen atoms in total. The van der Waals surface area contributed by atoms with E-state index in [1.807, 2.05) is 0 Å². The van der Waals surface area contributed by atoms with Gasteiger partial charge < -0.3 is 26.8 Å². The summed E-state index contributed by atoms with van der Waals surface area (Å²) in [6.07, 6.45) is 7.51. The number of hydrogen-bond donors (Lipinski definition) is 0. The van der Waals surface area contributed by atoms with E-state index in [1.54, 1.807) is 0 Å². The van der Waals surface area contributed by atoms with Gasteiger partial charge in [-0.25, -0.2) is 0 Å². The van der Waals surface area contributed by atoms with Crippen molar-refractivity contribution in [2.75, 3.05) is 0 Å². The fraction of sp³-hybridized carbons (Fsp3) is 0.692. The first kappa shape index (κ1) is 24.5. The maximum atomic E-state index is 7.51. The van der Waals surface area contributed by atoms with Gasteiger partial charge in [0, 0.05) is 0 Å². The van der Waals surface area contributed by atoms with E-state index in [2.05, 4.69) is 47.1 Å². The Morgan fingerprint density at radius 2 is 1.00 bits per heavy atom. The third-order valence-corrected chi connectivity index (χ3v) is 9.25. The van der Waals surface area contributed by atoms with Gasteiger partial charge in [-0.15, -0.1) is 0 Å². The summed E-state index contributed by atoms with van der Waals surface area (Å²) in [5.74, 6) is 0. The first-order valence-electron chi connectivity index (χ1n) is 4.83. The van der Waals surface area contributed by atoms with Crippen LogP contribution in [0.5, 0.6) is 0 Å². The Kier molecular flexibility index (Phi) is 15.5. The monoisotopic (exact) mass is 270 g/mol. The molecule has 0 aliphatic heterocycles. The normalized spacial score (nSPS) is 10.1. The van der Waals surface area contributed by atoms with Crippen LogP contribution in [0.15, 0.2) is 0 Å². The van der Waals surface area contributed by atoms with Crippen molar-refractivity contribution < 1.29 is 16.8 Å². The van der Waals surface area contributed by atoms with Gasteiger partial charge in [-0.3, -0.25) is 0 Å². The van der Waals surface area contributed by atoms with Crippen LogP contribution >= 0.6 is 0 Å². The molecule has 0 rings (SSSR count). The zero-order chi connectivity index (χ0) is 9.94. The summed E-state index contributed by atoms with van der Waals surface area (Å²) in [5.41, 5.74) is 4.81. The molecule has 0 bridgehead atoms. The zero-order valence-electron chi connectivity index (χ0n) is 11.6. The average molecular weight is 270 g/mol. The van der Waals surface area contributed by atoms with Crippen molar-refractivity contribution in [3.05, 3.63) is 21.3 Å². The Hall–Kier alpha value is 0.283. The van der Waals surface area contributed by atoms with E-state index in [4.69, 9.17) is 6.42 Å². The van der Waals surface area contributed by atoms with Crippen LogP contribution in [-0.4, -0.2) is 8.07 Å². The molecule has 0 fully saturated rings. The summed E-state index contributed by atoms with van der Waals surface area (Å²) in [7, 11) is -1.58. The van der Waals surface area contributed by atoms with Gasteiger partial charge in [0.15, 0.2) is 0 Å². The molecule has 0 amide bonds. The molecule has 0 aromatic heterocycles. The number of rotatable bonds is 3. The van der Waals surface area contributed by atoms with Crippen molar-refractivity contribution in [3.8, 4) is 5.54 Å². The Bertz CT molecular complexity index is 156.